The fourth-order valence-corrected chi connectivity index (χ4v) is 5.33. The summed E-state index contributed by atoms with van der Waals surface area (Å²) in [7, 11) is -4.31. The summed E-state index contributed by atoms with van der Waals surface area (Å²) in [5.41, 5.74) is 2.43. The van der Waals surface area contributed by atoms with Gasteiger partial charge in [0, 0.05) is 24.2 Å². The van der Waals surface area contributed by atoms with E-state index in [2.05, 4.69) is 4.72 Å². The molecule has 7 heteroatoms. The SMILES string of the molecule is CCCN(CCC)C1=C(S(=O)(=O)Nc2ccc(C)cc2C)C(=O)c2ccccc2C1=O. The van der Waals surface area contributed by atoms with Crippen molar-refractivity contribution in [2.24, 2.45) is 0 Å². The minimum absolute atomic E-state index is 0.0373. The standard InChI is InChI=1S/C24H28N2O4S/c1-5-13-26(14-6-2)21-22(27)18-9-7-8-10-19(18)23(28)24(21)31(29,30)25-20-12-11-16(3)15-17(20)4/h7-12,15,25H,5-6,13-14H2,1-4H3. The number of carbonyl (C=O) groups is 2. The van der Waals surface area contributed by atoms with Crippen molar-refractivity contribution in [1.29, 1.82) is 0 Å². The third-order valence-electron chi connectivity index (χ3n) is 5.25. The van der Waals surface area contributed by atoms with Crippen LogP contribution in [-0.2, 0) is 10.0 Å². The summed E-state index contributed by atoms with van der Waals surface area (Å²) in [6.07, 6.45) is 1.43. The van der Waals surface area contributed by atoms with Crippen molar-refractivity contribution in [2.45, 2.75) is 40.5 Å². The fraction of sp³-hybridized carbons (Fsp3) is 0.333. The van der Waals surface area contributed by atoms with Crippen molar-refractivity contribution >= 4 is 27.3 Å². The highest BCUT2D eigenvalue weighted by molar-refractivity contribution is 7.97. The Bertz CT molecular complexity index is 1160. The van der Waals surface area contributed by atoms with Crippen LogP contribution in [0.2, 0.25) is 0 Å². The molecule has 0 bridgehead atoms. The summed E-state index contributed by atoms with van der Waals surface area (Å²) >= 11 is 0. The van der Waals surface area contributed by atoms with Crippen molar-refractivity contribution in [3.8, 4) is 0 Å². The molecular weight excluding hydrogens is 412 g/mol. The van der Waals surface area contributed by atoms with Crippen molar-refractivity contribution in [3.05, 3.63) is 75.3 Å². The number of hydrogen-bond acceptors (Lipinski definition) is 5. The van der Waals surface area contributed by atoms with Gasteiger partial charge in [-0.1, -0.05) is 55.8 Å². The zero-order valence-corrected chi connectivity index (χ0v) is 19.2. The molecule has 0 heterocycles. The molecule has 0 radical (unpaired) electrons. The van der Waals surface area contributed by atoms with Gasteiger partial charge in [0.1, 0.15) is 5.70 Å². The second-order valence-corrected chi connectivity index (χ2v) is 9.41. The van der Waals surface area contributed by atoms with E-state index in [1.54, 1.807) is 42.2 Å². The molecule has 0 aliphatic heterocycles. The van der Waals surface area contributed by atoms with Crippen LogP contribution in [0.1, 0.15) is 58.5 Å². The number of sulfonamides is 1. The summed E-state index contributed by atoms with van der Waals surface area (Å²) in [6.45, 7) is 8.58. The van der Waals surface area contributed by atoms with E-state index in [0.717, 1.165) is 11.1 Å². The lowest BCUT2D eigenvalue weighted by Gasteiger charge is -2.31. The molecule has 0 amide bonds. The molecule has 164 valence electrons. The van der Waals surface area contributed by atoms with Crippen LogP contribution in [0.4, 0.5) is 5.69 Å². The van der Waals surface area contributed by atoms with E-state index in [1.807, 2.05) is 26.8 Å². The first-order valence-corrected chi connectivity index (χ1v) is 12.0. The molecule has 0 unspecified atom stereocenters. The average Bonchev–Trinajstić information content (AvgIpc) is 2.72. The highest BCUT2D eigenvalue weighted by Gasteiger charge is 2.41. The van der Waals surface area contributed by atoms with Crippen molar-refractivity contribution in [2.75, 3.05) is 17.8 Å². The molecule has 0 aromatic heterocycles. The van der Waals surface area contributed by atoms with Crippen molar-refractivity contribution in [1.82, 2.24) is 4.90 Å². The Kier molecular flexibility index (Phi) is 6.65. The van der Waals surface area contributed by atoms with Crippen molar-refractivity contribution in [3.63, 3.8) is 0 Å². The minimum Gasteiger partial charge on any atom is -0.367 e. The number of nitrogens with zero attached hydrogens (tertiary/aromatic N) is 1. The van der Waals surface area contributed by atoms with E-state index in [1.165, 1.54) is 6.07 Å². The molecule has 2 aromatic carbocycles. The Labute approximate surface area is 184 Å². The van der Waals surface area contributed by atoms with Gasteiger partial charge in [-0.3, -0.25) is 14.3 Å². The summed E-state index contributed by atoms with van der Waals surface area (Å²) in [6, 6.07) is 11.7. The van der Waals surface area contributed by atoms with Crippen LogP contribution in [0.25, 0.3) is 0 Å². The van der Waals surface area contributed by atoms with Crippen molar-refractivity contribution < 1.29 is 18.0 Å². The van der Waals surface area contributed by atoms with Crippen LogP contribution < -0.4 is 4.72 Å². The Balaban J connectivity index is 2.22. The van der Waals surface area contributed by atoms with Crippen LogP contribution in [0.3, 0.4) is 0 Å². The van der Waals surface area contributed by atoms with Gasteiger partial charge in [-0.05, 0) is 38.3 Å². The number of Topliss-reactive ketones (excluding diaryl/α,β-unsaturated/α-hetero) is 2. The van der Waals surface area contributed by atoms with Gasteiger partial charge in [-0.2, -0.15) is 0 Å². The largest absolute Gasteiger partial charge is 0.367 e. The Morgan fingerprint density at radius 2 is 1.45 bits per heavy atom. The number of carbonyl (C=O) groups excluding carboxylic acids is 2. The van der Waals surface area contributed by atoms with Gasteiger partial charge in [-0.15, -0.1) is 0 Å². The molecule has 0 atom stereocenters. The molecule has 1 N–H and O–H groups in total. The normalized spacial score (nSPS) is 13.9. The number of anilines is 1. The molecule has 1 aliphatic rings. The molecule has 2 aromatic rings. The zero-order valence-electron chi connectivity index (χ0n) is 18.4. The molecule has 0 saturated heterocycles. The van der Waals surface area contributed by atoms with Gasteiger partial charge in [0.2, 0.25) is 11.6 Å². The van der Waals surface area contributed by atoms with Crippen LogP contribution in [-0.4, -0.2) is 38.0 Å². The summed E-state index contributed by atoms with van der Waals surface area (Å²) in [5.74, 6) is -1.09. The third-order valence-corrected chi connectivity index (χ3v) is 6.66. The first-order chi connectivity index (χ1) is 14.7. The molecule has 31 heavy (non-hydrogen) atoms. The smallest absolute Gasteiger partial charge is 0.268 e. The van der Waals surface area contributed by atoms with Gasteiger partial charge in [0.05, 0.1) is 5.69 Å². The summed E-state index contributed by atoms with van der Waals surface area (Å²) in [4.78, 5) is 28.1. The van der Waals surface area contributed by atoms with Gasteiger partial charge in [0.25, 0.3) is 10.0 Å². The molecular formula is C24H28N2O4S. The Morgan fingerprint density at radius 1 is 0.871 bits per heavy atom. The number of benzene rings is 2. The average molecular weight is 441 g/mol. The number of ketones is 2. The number of allylic oxidation sites excluding steroid dienone is 2. The second kappa shape index (κ2) is 9.06. The lowest BCUT2D eigenvalue weighted by atomic mass is 9.91. The fourth-order valence-electron chi connectivity index (χ4n) is 3.88. The zero-order chi connectivity index (χ0) is 22.8. The van der Waals surface area contributed by atoms with E-state index in [4.69, 9.17) is 0 Å². The van der Waals surface area contributed by atoms with E-state index in [0.29, 0.717) is 31.6 Å². The highest BCUT2D eigenvalue weighted by atomic mass is 32.2. The highest BCUT2D eigenvalue weighted by Crippen LogP contribution is 2.33. The van der Waals surface area contributed by atoms with E-state index < -0.39 is 26.5 Å². The van der Waals surface area contributed by atoms with Gasteiger partial charge < -0.3 is 4.90 Å². The summed E-state index contributed by atoms with van der Waals surface area (Å²) in [5, 5.41) is 0. The number of rotatable bonds is 8. The van der Waals surface area contributed by atoms with E-state index in [-0.39, 0.29) is 16.8 Å². The number of hydrogen-bond donors (Lipinski definition) is 1. The van der Waals surface area contributed by atoms with Gasteiger partial charge >= 0.3 is 0 Å². The van der Waals surface area contributed by atoms with Crippen LogP contribution in [0, 0.1) is 13.8 Å². The molecule has 0 fully saturated rings. The third kappa shape index (κ3) is 4.42. The summed E-state index contributed by atoms with van der Waals surface area (Å²) < 4.78 is 29.6. The predicted molar refractivity (Wildman–Crippen MR) is 123 cm³/mol. The maximum atomic E-state index is 13.5. The quantitative estimate of drug-likeness (QED) is 0.655. The maximum absolute atomic E-state index is 13.5. The van der Waals surface area contributed by atoms with E-state index >= 15 is 0 Å². The number of nitrogens with one attached hydrogen (secondary N) is 1. The maximum Gasteiger partial charge on any atom is 0.268 e. The van der Waals surface area contributed by atoms with Crippen LogP contribution in [0.5, 0.6) is 0 Å². The van der Waals surface area contributed by atoms with E-state index in [9.17, 15) is 18.0 Å². The second-order valence-electron chi connectivity index (χ2n) is 7.79. The molecule has 0 saturated carbocycles. The Morgan fingerprint density at radius 3 is 2.00 bits per heavy atom. The minimum atomic E-state index is -4.31. The molecule has 6 nitrogen and oxygen atoms in total. The van der Waals surface area contributed by atoms with Gasteiger partial charge in [-0.25, -0.2) is 8.42 Å². The lowest BCUT2D eigenvalue weighted by molar-refractivity contribution is 0.0946. The number of fused-ring (bicyclic) bond motifs is 1. The first kappa shape index (κ1) is 22.7. The van der Waals surface area contributed by atoms with Crippen LogP contribution >= 0.6 is 0 Å². The first-order valence-electron chi connectivity index (χ1n) is 10.5. The predicted octanol–water partition coefficient (Wildman–Crippen LogP) is 4.46. The molecule has 1 aliphatic carbocycles. The lowest BCUT2D eigenvalue weighted by Crippen LogP contribution is -2.38. The number of aryl methyl sites for hydroxylation is 2. The molecule has 0 spiro atoms. The van der Waals surface area contributed by atoms with Crippen LogP contribution in [0.15, 0.2) is 53.1 Å². The molecule has 3 rings (SSSR count). The Hall–Kier alpha value is -2.93. The monoisotopic (exact) mass is 440 g/mol. The van der Waals surface area contributed by atoms with Gasteiger partial charge in [0.15, 0.2) is 4.91 Å². The topological polar surface area (TPSA) is 83.6 Å².